The van der Waals surface area contributed by atoms with Crippen LogP contribution in [0.1, 0.15) is 22.8 Å². The molecule has 0 saturated carbocycles. The van der Waals surface area contributed by atoms with Crippen molar-refractivity contribution < 1.29 is 19.1 Å². The van der Waals surface area contributed by atoms with Crippen molar-refractivity contribution in [3.8, 4) is 6.07 Å². The lowest BCUT2D eigenvalue weighted by atomic mass is 9.92. The molecule has 2 rings (SSSR count). The number of esters is 1. The average Bonchev–Trinajstić information content (AvgIpc) is 2.72. The smallest absolute Gasteiger partial charge is 0.349 e. The number of ether oxygens (including phenoxy) is 1. The van der Waals surface area contributed by atoms with E-state index in [0.717, 1.165) is 0 Å². The first kappa shape index (κ1) is 15.7. The van der Waals surface area contributed by atoms with Crippen molar-refractivity contribution in [1.29, 1.82) is 5.26 Å². The standard InChI is InChI=1S/C15H11ClN2O4/c1-2-22-13(20)10(7-17)11-8-5-3-4-6-9(8)12(19)15(11,16)14(18)21/h3-6H,2H2,1H3,(H2,18,21)/b11-10-/t15-/m0/s1. The normalized spacial score (nSPS) is 21.8. The molecule has 0 bridgehead atoms. The topological polar surface area (TPSA) is 110 Å². The van der Waals surface area contributed by atoms with Crippen molar-refractivity contribution in [2.75, 3.05) is 6.61 Å². The maximum atomic E-state index is 12.4. The Balaban J connectivity index is 2.85. The van der Waals surface area contributed by atoms with Crippen LogP contribution in [0.15, 0.2) is 29.8 Å². The molecule has 0 unspecified atom stereocenters. The van der Waals surface area contributed by atoms with E-state index < -0.39 is 28.1 Å². The average molecular weight is 319 g/mol. The molecule has 0 fully saturated rings. The number of ketones is 1. The number of Topliss-reactive ketones (excluding diaryl/α,β-unsaturated/α-hetero) is 1. The minimum atomic E-state index is -2.29. The molecule has 0 radical (unpaired) electrons. The summed E-state index contributed by atoms with van der Waals surface area (Å²) in [6.45, 7) is 1.59. The van der Waals surface area contributed by atoms with E-state index in [1.165, 1.54) is 12.1 Å². The SMILES string of the molecule is CCOC(=O)/C(C#N)=C1/c2ccccc2C(=O)[C@]1(Cl)C(N)=O. The van der Waals surface area contributed by atoms with Crippen LogP contribution in [0.4, 0.5) is 0 Å². The first-order valence-corrected chi connectivity index (χ1v) is 6.72. The van der Waals surface area contributed by atoms with Gasteiger partial charge in [0.2, 0.25) is 4.87 Å². The van der Waals surface area contributed by atoms with E-state index in [2.05, 4.69) is 0 Å². The number of hydrogen-bond acceptors (Lipinski definition) is 5. The maximum absolute atomic E-state index is 12.4. The van der Waals surface area contributed by atoms with Crippen molar-refractivity contribution in [2.24, 2.45) is 5.73 Å². The van der Waals surface area contributed by atoms with E-state index >= 15 is 0 Å². The Labute approximate surface area is 131 Å². The predicted molar refractivity (Wildman–Crippen MR) is 77.7 cm³/mol. The number of carbonyl (C=O) groups excluding carboxylic acids is 3. The number of nitriles is 1. The highest BCUT2D eigenvalue weighted by molar-refractivity contribution is 6.58. The zero-order valence-corrected chi connectivity index (χ0v) is 12.3. The number of carbonyl (C=O) groups is 3. The van der Waals surface area contributed by atoms with E-state index in [4.69, 9.17) is 22.1 Å². The minimum Gasteiger partial charge on any atom is -0.462 e. The number of fused-ring (bicyclic) bond motifs is 1. The number of halogens is 1. The van der Waals surface area contributed by atoms with Crippen LogP contribution < -0.4 is 5.73 Å². The van der Waals surface area contributed by atoms with E-state index in [1.807, 2.05) is 0 Å². The Kier molecular flexibility index (Phi) is 4.02. The van der Waals surface area contributed by atoms with E-state index in [-0.39, 0.29) is 23.3 Å². The number of amides is 1. The summed E-state index contributed by atoms with van der Waals surface area (Å²) in [5.74, 6) is -2.87. The van der Waals surface area contributed by atoms with E-state index in [0.29, 0.717) is 0 Å². The van der Waals surface area contributed by atoms with Crippen molar-refractivity contribution in [2.45, 2.75) is 11.8 Å². The number of primary amides is 1. The van der Waals surface area contributed by atoms with Crippen molar-refractivity contribution in [1.82, 2.24) is 0 Å². The molecule has 1 atom stereocenters. The summed E-state index contributed by atoms with van der Waals surface area (Å²) in [5, 5.41) is 9.28. The van der Waals surface area contributed by atoms with E-state index in [1.54, 1.807) is 25.1 Å². The first-order chi connectivity index (χ1) is 10.4. The molecule has 1 aromatic carbocycles. The Morgan fingerprint density at radius 1 is 1.36 bits per heavy atom. The van der Waals surface area contributed by atoms with E-state index in [9.17, 15) is 19.6 Å². The van der Waals surface area contributed by atoms with Crippen LogP contribution in [0.5, 0.6) is 0 Å². The van der Waals surface area contributed by atoms with Crippen LogP contribution in [-0.2, 0) is 14.3 Å². The highest BCUT2D eigenvalue weighted by Crippen LogP contribution is 2.46. The summed E-state index contributed by atoms with van der Waals surface area (Å²) in [7, 11) is 0. The molecule has 112 valence electrons. The molecule has 1 amide bonds. The highest BCUT2D eigenvalue weighted by Gasteiger charge is 2.55. The molecular weight excluding hydrogens is 308 g/mol. The first-order valence-electron chi connectivity index (χ1n) is 6.34. The fourth-order valence-electron chi connectivity index (χ4n) is 2.33. The fraction of sp³-hybridized carbons (Fsp3) is 0.200. The van der Waals surface area contributed by atoms with Gasteiger partial charge in [-0.3, -0.25) is 9.59 Å². The zero-order valence-electron chi connectivity index (χ0n) is 11.6. The maximum Gasteiger partial charge on any atom is 0.349 e. The van der Waals surface area contributed by atoms with Gasteiger partial charge in [0.15, 0.2) is 5.78 Å². The largest absolute Gasteiger partial charge is 0.462 e. The monoisotopic (exact) mass is 318 g/mol. The molecule has 2 N–H and O–H groups in total. The lowest BCUT2D eigenvalue weighted by Crippen LogP contribution is -2.44. The van der Waals surface area contributed by atoms with Gasteiger partial charge in [0.05, 0.1) is 6.61 Å². The predicted octanol–water partition coefficient (Wildman–Crippen LogP) is 1.19. The molecule has 0 saturated heterocycles. The van der Waals surface area contributed by atoms with Crippen LogP contribution in [0.3, 0.4) is 0 Å². The van der Waals surface area contributed by atoms with Gasteiger partial charge in [-0.1, -0.05) is 35.9 Å². The highest BCUT2D eigenvalue weighted by atomic mass is 35.5. The number of alkyl halides is 1. The number of benzene rings is 1. The lowest BCUT2D eigenvalue weighted by molar-refractivity contribution is -0.137. The number of nitrogens with two attached hydrogens (primary N) is 1. The summed E-state index contributed by atoms with van der Waals surface area (Å²) in [6.07, 6.45) is 0. The quantitative estimate of drug-likeness (QED) is 0.296. The van der Waals surface area contributed by atoms with Gasteiger partial charge in [-0.25, -0.2) is 4.79 Å². The van der Waals surface area contributed by atoms with Gasteiger partial charge in [0, 0.05) is 11.1 Å². The van der Waals surface area contributed by atoms with Crippen LogP contribution in [0.2, 0.25) is 0 Å². The fourth-order valence-corrected chi connectivity index (χ4v) is 2.63. The third-order valence-electron chi connectivity index (χ3n) is 3.28. The Bertz CT molecular complexity index is 763. The van der Waals surface area contributed by atoms with Crippen molar-refractivity contribution >= 4 is 34.8 Å². The second-order valence-electron chi connectivity index (χ2n) is 4.48. The van der Waals surface area contributed by atoms with Gasteiger partial charge >= 0.3 is 5.97 Å². The number of hydrogen-bond donors (Lipinski definition) is 1. The lowest BCUT2D eigenvalue weighted by Gasteiger charge is -2.18. The van der Waals surface area contributed by atoms with Gasteiger partial charge in [-0.15, -0.1) is 0 Å². The summed E-state index contributed by atoms with van der Waals surface area (Å²) in [6, 6.07) is 7.77. The summed E-state index contributed by atoms with van der Waals surface area (Å²) in [5.41, 5.74) is 4.90. The van der Waals surface area contributed by atoms with Gasteiger partial charge in [0.25, 0.3) is 5.91 Å². The van der Waals surface area contributed by atoms with Gasteiger partial charge < -0.3 is 10.5 Å². The Morgan fingerprint density at radius 2 is 1.95 bits per heavy atom. The van der Waals surface area contributed by atoms with Gasteiger partial charge in [-0.05, 0) is 12.5 Å². The Morgan fingerprint density at radius 3 is 2.45 bits per heavy atom. The second kappa shape index (κ2) is 5.62. The molecule has 7 heteroatoms. The third kappa shape index (κ3) is 2.07. The third-order valence-corrected chi connectivity index (χ3v) is 3.83. The number of rotatable bonds is 3. The molecule has 0 spiro atoms. The molecule has 1 aliphatic carbocycles. The second-order valence-corrected chi connectivity index (χ2v) is 5.05. The van der Waals surface area contributed by atoms with Crippen LogP contribution in [-0.4, -0.2) is 29.1 Å². The molecule has 0 aromatic heterocycles. The summed E-state index contributed by atoms with van der Waals surface area (Å²) in [4.78, 5) is 33.9. The van der Waals surface area contributed by atoms with Crippen LogP contribution in [0.25, 0.3) is 5.57 Å². The van der Waals surface area contributed by atoms with Crippen LogP contribution >= 0.6 is 11.6 Å². The number of nitrogens with zero attached hydrogens (tertiary/aromatic N) is 1. The van der Waals surface area contributed by atoms with Crippen LogP contribution in [0, 0.1) is 11.3 Å². The molecule has 22 heavy (non-hydrogen) atoms. The van der Waals surface area contributed by atoms with Gasteiger partial charge in [0.1, 0.15) is 11.6 Å². The summed E-state index contributed by atoms with van der Waals surface area (Å²) < 4.78 is 4.79. The van der Waals surface area contributed by atoms with Crippen molar-refractivity contribution in [3.05, 3.63) is 41.0 Å². The van der Waals surface area contributed by atoms with Crippen molar-refractivity contribution in [3.63, 3.8) is 0 Å². The Hall–Kier alpha value is -2.65. The zero-order chi connectivity index (χ0) is 16.5. The molecule has 0 aliphatic heterocycles. The molecule has 1 aliphatic rings. The molecule has 6 nitrogen and oxygen atoms in total. The van der Waals surface area contributed by atoms with Gasteiger partial charge in [-0.2, -0.15) is 5.26 Å². The minimum absolute atomic E-state index is 0.0265. The summed E-state index contributed by atoms with van der Waals surface area (Å²) >= 11 is 6.16. The molecule has 1 aromatic rings. The molecular formula is C15H11ClN2O4. The molecule has 0 heterocycles.